The van der Waals surface area contributed by atoms with Crippen molar-refractivity contribution in [3.63, 3.8) is 0 Å². The topological polar surface area (TPSA) is 35.2 Å². The van der Waals surface area contributed by atoms with Gasteiger partial charge in [0, 0.05) is 12.1 Å². The molecule has 2 nitrogen and oxygen atoms in total. The third kappa shape index (κ3) is 3.31. The van der Waals surface area contributed by atoms with Crippen LogP contribution in [0.25, 0.3) is 0 Å². The van der Waals surface area contributed by atoms with Crippen LogP contribution in [0.5, 0.6) is 0 Å². The molecule has 0 radical (unpaired) electrons. The second-order valence-corrected chi connectivity index (χ2v) is 11.7. The fraction of sp³-hybridized carbons (Fsp3) is 1.00. The van der Waals surface area contributed by atoms with Crippen LogP contribution in [0, 0.1) is 5.92 Å². The predicted octanol–water partition coefficient (Wildman–Crippen LogP) is 3.52. The van der Waals surface area contributed by atoms with Crippen LogP contribution >= 0.6 is 0 Å². The first-order chi connectivity index (χ1) is 7.13. The summed E-state index contributed by atoms with van der Waals surface area (Å²) in [6.45, 7) is 13.8. The van der Waals surface area contributed by atoms with Gasteiger partial charge in [-0.25, -0.2) is 0 Å². The van der Waals surface area contributed by atoms with Gasteiger partial charge < -0.3 is 10.2 Å². The van der Waals surface area contributed by atoms with Gasteiger partial charge in [0.1, 0.15) is 0 Å². The summed E-state index contributed by atoms with van der Waals surface area (Å²) in [7, 11) is -1.60. The smallest absolute Gasteiger partial charge is 0.192 e. The van der Waals surface area contributed by atoms with Crippen molar-refractivity contribution in [3.8, 4) is 0 Å². The van der Waals surface area contributed by atoms with Gasteiger partial charge in [-0.2, -0.15) is 0 Å². The van der Waals surface area contributed by atoms with E-state index >= 15 is 0 Å². The van der Waals surface area contributed by atoms with Gasteiger partial charge in [-0.1, -0.05) is 27.7 Å². The molecule has 1 aliphatic rings. The molecule has 0 heterocycles. The van der Waals surface area contributed by atoms with E-state index in [1.807, 2.05) is 0 Å². The Bertz CT molecular complexity index is 235. The standard InChI is InChI=1S/C13H29NOSi/c1-10-7-8-11(9-12(10)14)15-16(5,6)13(2,3)4/h10-12H,7-9,14H2,1-6H3/t10-,11?,12-/m0/s1. The third-order valence-corrected chi connectivity index (χ3v) is 9.01. The summed E-state index contributed by atoms with van der Waals surface area (Å²) in [5.41, 5.74) is 6.13. The van der Waals surface area contributed by atoms with Gasteiger partial charge in [-0.05, 0) is 43.3 Å². The molecule has 0 aromatic rings. The quantitative estimate of drug-likeness (QED) is 0.753. The maximum atomic E-state index is 6.42. The molecule has 0 bridgehead atoms. The molecule has 1 aliphatic carbocycles. The van der Waals surface area contributed by atoms with Crippen LogP contribution < -0.4 is 5.73 Å². The van der Waals surface area contributed by atoms with Crippen molar-refractivity contribution < 1.29 is 4.43 Å². The Morgan fingerprint density at radius 1 is 1.19 bits per heavy atom. The number of hydrogen-bond donors (Lipinski definition) is 1. The molecule has 1 fully saturated rings. The molecule has 0 saturated heterocycles. The van der Waals surface area contributed by atoms with Crippen LogP contribution in [-0.2, 0) is 4.43 Å². The van der Waals surface area contributed by atoms with Gasteiger partial charge in [-0.3, -0.25) is 0 Å². The minimum absolute atomic E-state index is 0.306. The van der Waals surface area contributed by atoms with E-state index in [-0.39, 0.29) is 0 Å². The predicted molar refractivity (Wildman–Crippen MR) is 73.1 cm³/mol. The molecule has 0 amide bonds. The van der Waals surface area contributed by atoms with Crippen molar-refractivity contribution in [3.05, 3.63) is 0 Å². The summed E-state index contributed by atoms with van der Waals surface area (Å²) in [4.78, 5) is 0. The van der Waals surface area contributed by atoms with Crippen LogP contribution in [0.2, 0.25) is 18.1 Å². The highest BCUT2D eigenvalue weighted by atomic mass is 28.4. The van der Waals surface area contributed by atoms with Gasteiger partial charge >= 0.3 is 0 Å². The first-order valence-electron chi connectivity index (χ1n) is 6.57. The zero-order valence-corrected chi connectivity index (χ0v) is 12.8. The van der Waals surface area contributed by atoms with E-state index in [1.54, 1.807) is 0 Å². The lowest BCUT2D eigenvalue weighted by Gasteiger charge is -2.42. The Morgan fingerprint density at radius 2 is 1.75 bits per heavy atom. The van der Waals surface area contributed by atoms with Crippen molar-refractivity contribution in [2.75, 3.05) is 0 Å². The van der Waals surface area contributed by atoms with Crippen molar-refractivity contribution in [1.82, 2.24) is 0 Å². The van der Waals surface area contributed by atoms with Crippen LogP contribution in [0.15, 0.2) is 0 Å². The zero-order chi connectivity index (χ0) is 12.6. The van der Waals surface area contributed by atoms with Gasteiger partial charge in [0.2, 0.25) is 0 Å². The Labute approximate surface area is 102 Å². The lowest BCUT2D eigenvalue weighted by atomic mass is 9.85. The lowest BCUT2D eigenvalue weighted by Crippen LogP contribution is -2.47. The average Bonchev–Trinajstić information content (AvgIpc) is 2.09. The molecule has 0 spiro atoms. The molecule has 0 aromatic carbocycles. The summed E-state index contributed by atoms with van der Waals surface area (Å²) in [5, 5.41) is 0.306. The second kappa shape index (κ2) is 4.79. The Kier molecular flexibility index (Phi) is 4.25. The Morgan fingerprint density at radius 3 is 2.19 bits per heavy atom. The lowest BCUT2D eigenvalue weighted by molar-refractivity contribution is 0.108. The molecule has 2 N–H and O–H groups in total. The Hall–Kier alpha value is 0.137. The molecule has 3 heteroatoms. The molecule has 0 aliphatic heterocycles. The first kappa shape index (κ1) is 14.2. The molecule has 0 aromatic heterocycles. The summed E-state index contributed by atoms with van der Waals surface area (Å²) in [6, 6.07) is 0.337. The summed E-state index contributed by atoms with van der Waals surface area (Å²) >= 11 is 0. The number of hydrogen-bond acceptors (Lipinski definition) is 2. The van der Waals surface area contributed by atoms with Crippen LogP contribution in [0.1, 0.15) is 47.0 Å². The number of rotatable bonds is 2. The molecule has 96 valence electrons. The van der Waals surface area contributed by atoms with Gasteiger partial charge in [0.05, 0.1) is 0 Å². The third-order valence-electron chi connectivity index (χ3n) is 4.48. The normalized spacial score (nSPS) is 32.8. The van der Waals surface area contributed by atoms with Crippen LogP contribution in [0.3, 0.4) is 0 Å². The van der Waals surface area contributed by atoms with E-state index < -0.39 is 8.32 Å². The molecular weight excluding hydrogens is 214 g/mol. The van der Waals surface area contributed by atoms with E-state index in [4.69, 9.17) is 10.2 Å². The second-order valence-electron chi connectivity index (χ2n) is 6.95. The van der Waals surface area contributed by atoms with E-state index in [0.717, 1.165) is 6.42 Å². The van der Waals surface area contributed by atoms with E-state index in [0.29, 0.717) is 23.1 Å². The fourth-order valence-corrected chi connectivity index (χ4v) is 3.42. The van der Waals surface area contributed by atoms with Crippen molar-refractivity contribution in [2.45, 2.75) is 77.2 Å². The van der Waals surface area contributed by atoms with Gasteiger partial charge in [-0.15, -0.1) is 0 Å². The maximum Gasteiger partial charge on any atom is 0.192 e. The molecule has 16 heavy (non-hydrogen) atoms. The van der Waals surface area contributed by atoms with E-state index in [1.165, 1.54) is 12.8 Å². The average molecular weight is 243 g/mol. The fourth-order valence-electron chi connectivity index (χ4n) is 2.02. The minimum atomic E-state index is -1.60. The SMILES string of the molecule is C[C@H]1CCC(O[Si](C)(C)C(C)(C)C)C[C@@H]1N. The summed E-state index contributed by atoms with van der Waals surface area (Å²) in [6.07, 6.45) is 3.88. The minimum Gasteiger partial charge on any atom is -0.414 e. The largest absolute Gasteiger partial charge is 0.414 e. The Balaban J connectivity index is 2.55. The molecule has 1 rings (SSSR count). The summed E-state index contributed by atoms with van der Waals surface area (Å²) < 4.78 is 6.42. The molecule has 1 saturated carbocycles. The van der Waals surface area contributed by atoms with Crippen molar-refractivity contribution >= 4 is 8.32 Å². The first-order valence-corrected chi connectivity index (χ1v) is 9.48. The van der Waals surface area contributed by atoms with Crippen molar-refractivity contribution in [2.24, 2.45) is 11.7 Å². The van der Waals surface area contributed by atoms with Crippen LogP contribution in [0.4, 0.5) is 0 Å². The molecule has 1 unspecified atom stereocenters. The summed E-state index contributed by atoms with van der Waals surface area (Å²) in [5.74, 6) is 0.666. The van der Waals surface area contributed by atoms with Crippen molar-refractivity contribution in [1.29, 1.82) is 0 Å². The molecule has 3 atom stereocenters. The highest BCUT2D eigenvalue weighted by Crippen LogP contribution is 2.39. The number of nitrogens with two attached hydrogens (primary N) is 1. The van der Waals surface area contributed by atoms with Gasteiger partial charge in [0.15, 0.2) is 8.32 Å². The monoisotopic (exact) mass is 243 g/mol. The van der Waals surface area contributed by atoms with E-state index in [9.17, 15) is 0 Å². The molecular formula is C13H29NOSi. The van der Waals surface area contributed by atoms with Crippen LogP contribution in [-0.4, -0.2) is 20.5 Å². The maximum absolute atomic E-state index is 6.42. The highest BCUT2D eigenvalue weighted by molar-refractivity contribution is 6.74. The van der Waals surface area contributed by atoms with Gasteiger partial charge in [0.25, 0.3) is 0 Å². The highest BCUT2D eigenvalue weighted by Gasteiger charge is 2.40. The van der Waals surface area contributed by atoms with E-state index in [2.05, 4.69) is 40.8 Å². The zero-order valence-electron chi connectivity index (χ0n) is 11.8.